The van der Waals surface area contributed by atoms with Crippen molar-refractivity contribution in [3.05, 3.63) is 23.8 Å². The molecule has 11 atom stereocenters. The van der Waals surface area contributed by atoms with Crippen molar-refractivity contribution < 1.29 is 44.2 Å². The van der Waals surface area contributed by atoms with Crippen LogP contribution in [0, 0.1) is 23.7 Å². The molecule has 2 rings (SSSR count). The minimum atomic E-state index is -1.17. The van der Waals surface area contributed by atoms with Gasteiger partial charge in [-0.1, -0.05) is 38.5 Å². The summed E-state index contributed by atoms with van der Waals surface area (Å²) < 4.78 is 18.2. The molecule has 1 saturated heterocycles. The van der Waals surface area contributed by atoms with Gasteiger partial charge in [0.15, 0.2) is 12.1 Å². The number of allylic oxidation sites excluding steroid dienone is 3. The number of carbonyl (C=O) groups excluding carboxylic acids is 2. The smallest absolute Gasteiger partial charge is 0.308 e. The van der Waals surface area contributed by atoms with Crippen LogP contribution in [0.15, 0.2) is 23.8 Å². The van der Waals surface area contributed by atoms with Crippen LogP contribution >= 0.6 is 0 Å². The number of aliphatic hydroxyl groups is 4. The molecule has 10 heteroatoms. The summed E-state index contributed by atoms with van der Waals surface area (Å²) in [4.78, 5) is 28.0. The van der Waals surface area contributed by atoms with Crippen molar-refractivity contribution >= 4 is 11.8 Å². The van der Waals surface area contributed by atoms with E-state index in [0.29, 0.717) is 19.3 Å². The normalized spacial score (nSPS) is 40.6. The molecule has 236 valence electrons. The van der Waals surface area contributed by atoms with Crippen molar-refractivity contribution in [2.45, 2.75) is 110 Å². The molecule has 10 nitrogen and oxygen atoms in total. The first-order chi connectivity index (χ1) is 19.3. The highest BCUT2D eigenvalue weighted by molar-refractivity contribution is 5.91. The number of likely N-dealkylation sites (N-methyl/N-ethyl adjacent to an activating group) is 1. The second-order valence-electron chi connectivity index (χ2n) is 12.1. The first-order valence-electron chi connectivity index (χ1n) is 15.0. The molecule has 0 aromatic carbocycles. The van der Waals surface area contributed by atoms with E-state index in [4.69, 9.17) is 14.2 Å². The van der Waals surface area contributed by atoms with Gasteiger partial charge in [-0.15, -0.1) is 0 Å². The maximum Gasteiger partial charge on any atom is 0.308 e. The van der Waals surface area contributed by atoms with Crippen LogP contribution in [0.1, 0.15) is 66.7 Å². The van der Waals surface area contributed by atoms with Crippen LogP contribution in [0.2, 0.25) is 0 Å². The Labute approximate surface area is 245 Å². The highest BCUT2D eigenvalue weighted by atomic mass is 16.7. The van der Waals surface area contributed by atoms with Crippen molar-refractivity contribution in [2.24, 2.45) is 23.7 Å². The van der Waals surface area contributed by atoms with Crippen molar-refractivity contribution in [1.82, 2.24) is 4.90 Å². The molecular weight excluding hydrogens is 530 g/mol. The predicted octanol–water partition coefficient (Wildman–Crippen LogP) is 2.23. The lowest BCUT2D eigenvalue weighted by molar-refractivity contribution is -0.283. The summed E-state index contributed by atoms with van der Waals surface area (Å²) in [6, 6.07) is -0.214. The first-order valence-corrected chi connectivity index (χ1v) is 15.0. The SMILES string of the molecule is CC[C@H]1OC(=O)C[C@@H](O)[C@H](C)[C@@H](O[C@@H]2O[C@H](C)C[C@H](N(C)C)[C@H]2O)C(CCO)C[C@@H](C)C(=O)/C=C/C(C)=C/[C@@H]1CO. The molecule has 0 spiro atoms. The second-order valence-corrected chi connectivity index (χ2v) is 12.1. The van der Waals surface area contributed by atoms with E-state index in [-0.39, 0.29) is 49.9 Å². The van der Waals surface area contributed by atoms with E-state index in [2.05, 4.69) is 0 Å². The Hall–Kier alpha value is -1.66. The van der Waals surface area contributed by atoms with Gasteiger partial charge in [-0.2, -0.15) is 0 Å². The van der Waals surface area contributed by atoms with Gasteiger partial charge in [0, 0.05) is 30.4 Å². The van der Waals surface area contributed by atoms with Gasteiger partial charge in [-0.25, -0.2) is 0 Å². The molecule has 0 saturated carbocycles. The zero-order valence-corrected chi connectivity index (χ0v) is 25.8. The Morgan fingerprint density at radius 1 is 1.07 bits per heavy atom. The second kappa shape index (κ2) is 16.8. The van der Waals surface area contributed by atoms with Crippen LogP contribution in [-0.2, 0) is 23.8 Å². The third-order valence-electron chi connectivity index (χ3n) is 8.54. The summed E-state index contributed by atoms with van der Waals surface area (Å²) >= 11 is 0. The highest BCUT2D eigenvalue weighted by Crippen LogP contribution is 2.34. The average molecular weight is 584 g/mol. The van der Waals surface area contributed by atoms with E-state index in [0.717, 1.165) is 5.57 Å². The van der Waals surface area contributed by atoms with E-state index < -0.39 is 54.4 Å². The summed E-state index contributed by atoms with van der Waals surface area (Å²) in [5.41, 5.74) is 0.751. The van der Waals surface area contributed by atoms with Crippen molar-refractivity contribution in [3.63, 3.8) is 0 Å². The number of hydrogen-bond acceptors (Lipinski definition) is 10. The minimum absolute atomic E-state index is 0.103. The Morgan fingerprint density at radius 3 is 2.34 bits per heavy atom. The molecule has 2 aliphatic heterocycles. The number of carbonyl (C=O) groups is 2. The lowest BCUT2D eigenvalue weighted by Gasteiger charge is -2.44. The maximum atomic E-state index is 13.1. The number of hydrogen-bond donors (Lipinski definition) is 4. The van der Waals surface area contributed by atoms with E-state index in [9.17, 15) is 30.0 Å². The molecule has 41 heavy (non-hydrogen) atoms. The van der Waals surface area contributed by atoms with Gasteiger partial charge in [0.05, 0.1) is 31.3 Å². The molecule has 0 bridgehead atoms. The Balaban J connectivity index is 2.49. The lowest BCUT2D eigenvalue weighted by atomic mass is 9.79. The average Bonchev–Trinajstić information content (AvgIpc) is 2.92. The van der Waals surface area contributed by atoms with Crippen LogP contribution in [0.3, 0.4) is 0 Å². The summed E-state index contributed by atoms with van der Waals surface area (Å²) in [5.74, 6) is -2.61. The fraction of sp³-hybridized carbons (Fsp3) is 0.806. The third-order valence-corrected chi connectivity index (χ3v) is 8.54. The molecule has 0 aliphatic carbocycles. The number of cyclic esters (lactones) is 1. The van der Waals surface area contributed by atoms with Crippen LogP contribution in [0.5, 0.6) is 0 Å². The van der Waals surface area contributed by atoms with E-state index in [1.54, 1.807) is 19.1 Å². The minimum Gasteiger partial charge on any atom is -0.462 e. The Kier molecular flexibility index (Phi) is 14.6. The van der Waals surface area contributed by atoms with Gasteiger partial charge in [-0.05, 0) is 65.6 Å². The zero-order chi connectivity index (χ0) is 30.9. The summed E-state index contributed by atoms with van der Waals surface area (Å²) in [7, 11) is 3.76. The van der Waals surface area contributed by atoms with E-state index in [1.165, 1.54) is 6.08 Å². The summed E-state index contributed by atoms with van der Waals surface area (Å²) in [6.45, 7) is 8.73. The molecule has 2 heterocycles. The van der Waals surface area contributed by atoms with Gasteiger partial charge >= 0.3 is 5.97 Å². The van der Waals surface area contributed by atoms with Crippen LogP contribution < -0.4 is 0 Å². The standard InChI is InChI=1S/C31H53NO9/c1-8-27-23(17-34)13-18(2)9-10-25(35)19(3)14-22(11-12-33)30(21(5)26(36)16-28(37)40-27)41-31-29(38)24(32(6)7)15-20(4)39-31/h9-10,13,19-24,26-27,29-31,33-34,36,38H,8,11-12,14-17H2,1-7H3/b10-9+,18-13+/t19-,20-,21+,22?,23-,24+,26-,27-,29-,30-,31+/m1/s1. The number of rotatable bonds is 7. The predicted molar refractivity (Wildman–Crippen MR) is 155 cm³/mol. The number of ketones is 1. The molecule has 1 unspecified atom stereocenters. The quantitative estimate of drug-likeness (QED) is 0.329. The van der Waals surface area contributed by atoms with Gasteiger partial charge in [-0.3, -0.25) is 9.59 Å². The van der Waals surface area contributed by atoms with Crippen LogP contribution in [0.25, 0.3) is 0 Å². The molecular formula is C31H53NO9. The number of aliphatic hydroxyl groups excluding tert-OH is 4. The number of esters is 1. The van der Waals surface area contributed by atoms with E-state index >= 15 is 0 Å². The van der Waals surface area contributed by atoms with Gasteiger partial charge in [0.25, 0.3) is 0 Å². The first kappa shape index (κ1) is 35.5. The summed E-state index contributed by atoms with van der Waals surface area (Å²) in [5, 5.41) is 42.4. The Bertz CT molecular complexity index is 891. The maximum absolute atomic E-state index is 13.1. The fourth-order valence-electron chi connectivity index (χ4n) is 5.94. The van der Waals surface area contributed by atoms with Crippen LogP contribution in [-0.4, -0.2) is 107 Å². The van der Waals surface area contributed by atoms with Crippen molar-refractivity contribution in [1.29, 1.82) is 0 Å². The van der Waals surface area contributed by atoms with Crippen LogP contribution in [0.4, 0.5) is 0 Å². The molecule has 0 radical (unpaired) electrons. The third kappa shape index (κ3) is 10.2. The van der Waals surface area contributed by atoms with E-state index in [1.807, 2.05) is 46.7 Å². The van der Waals surface area contributed by atoms with Gasteiger partial charge in [0.1, 0.15) is 12.2 Å². The highest BCUT2D eigenvalue weighted by Gasteiger charge is 2.43. The fourth-order valence-corrected chi connectivity index (χ4v) is 5.94. The number of ether oxygens (including phenoxy) is 3. The molecule has 2 aliphatic rings. The van der Waals surface area contributed by atoms with Crippen molar-refractivity contribution in [3.8, 4) is 0 Å². The number of nitrogens with zero attached hydrogens (tertiary/aromatic N) is 1. The molecule has 0 aromatic rings. The molecule has 1 fully saturated rings. The molecule has 0 aromatic heterocycles. The monoisotopic (exact) mass is 583 g/mol. The topological polar surface area (TPSA) is 146 Å². The largest absolute Gasteiger partial charge is 0.462 e. The van der Waals surface area contributed by atoms with Crippen molar-refractivity contribution in [2.75, 3.05) is 27.3 Å². The van der Waals surface area contributed by atoms with Gasteiger partial charge in [0.2, 0.25) is 0 Å². The lowest BCUT2D eigenvalue weighted by Crippen LogP contribution is -2.56. The Morgan fingerprint density at radius 2 is 1.76 bits per heavy atom. The van der Waals surface area contributed by atoms with Gasteiger partial charge < -0.3 is 39.5 Å². The summed E-state index contributed by atoms with van der Waals surface area (Å²) in [6.07, 6.45) is 1.71. The zero-order valence-electron chi connectivity index (χ0n) is 25.8. The molecule has 0 amide bonds. The molecule has 4 N–H and O–H groups in total.